The van der Waals surface area contributed by atoms with Crippen molar-refractivity contribution in [1.29, 1.82) is 0 Å². The molecule has 0 N–H and O–H groups in total. The van der Waals surface area contributed by atoms with Gasteiger partial charge in [-0.15, -0.1) is 0 Å². The van der Waals surface area contributed by atoms with Gasteiger partial charge in [0.2, 0.25) is 0 Å². The molecular formula is C51H81O3P. The maximum absolute atomic E-state index is 7.13. The van der Waals surface area contributed by atoms with Crippen LogP contribution < -0.4 is 13.6 Å². The van der Waals surface area contributed by atoms with Crippen LogP contribution in [-0.4, -0.2) is 0 Å². The van der Waals surface area contributed by atoms with E-state index in [-0.39, 0.29) is 32.5 Å². The monoisotopic (exact) mass is 773 g/mol. The lowest BCUT2D eigenvalue weighted by Crippen LogP contribution is -2.25. The molecule has 0 aliphatic heterocycles. The van der Waals surface area contributed by atoms with Crippen molar-refractivity contribution in [2.75, 3.05) is 0 Å². The van der Waals surface area contributed by atoms with Crippen LogP contribution in [-0.2, 0) is 32.5 Å². The van der Waals surface area contributed by atoms with Crippen molar-refractivity contribution in [3.63, 3.8) is 0 Å². The highest BCUT2D eigenvalue weighted by atomic mass is 31.2. The molecule has 0 fully saturated rings. The minimum atomic E-state index is -1.93. The van der Waals surface area contributed by atoms with Gasteiger partial charge in [0.15, 0.2) is 0 Å². The van der Waals surface area contributed by atoms with Gasteiger partial charge in [-0.25, -0.2) is 0 Å². The molecule has 0 aliphatic rings. The Morgan fingerprint density at radius 3 is 0.709 bits per heavy atom. The molecule has 0 unspecified atom stereocenters. The standard InChI is InChI=1S/C51H81O3P/c1-19-49(20-2,21-3)37-28-31-43(40(34-37)46(10,11)12)52-55(53-44-32-29-38(35-41(44)47(13,14)15)50(22-4,23-5)24-6)54-45-33-30-39(36-42(45)48(16,17)18)51(25-7,26-8)27-9/h28-36H,19-27H2,1-18H3. The maximum Gasteiger partial charge on any atom is 0.530 e. The molecule has 308 valence electrons. The van der Waals surface area contributed by atoms with Gasteiger partial charge in [0, 0.05) is 16.7 Å². The van der Waals surface area contributed by atoms with E-state index in [0.29, 0.717) is 0 Å². The third-order valence-corrected chi connectivity index (χ3v) is 14.8. The highest BCUT2D eigenvalue weighted by molar-refractivity contribution is 7.43. The highest BCUT2D eigenvalue weighted by Crippen LogP contribution is 2.51. The lowest BCUT2D eigenvalue weighted by Gasteiger charge is -2.35. The average Bonchev–Trinajstić information content (AvgIpc) is 3.14. The van der Waals surface area contributed by atoms with Crippen molar-refractivity contribution in [1.82, 2.24) is 0 Å². The van der Waals surface area contributed by atoms with Gasteiger partial charge in [0.25, 0.3) is 0 Å². The predicted molar refractivity (Wildman–Crippen MR) is 242 cm³/mol. The van der Waals surface area contributed by atoms with Gasteiger partial charge in [-0.2, -0.15) is 0 Å². The van der Waals surface area contributed by atoms with Crippen molar-refractivity contribution < 1.29 is 13.6 Å². The van der Waals surface area contributed by atoms with E-state index in [2.05, 4.69) is 179 Å². The lowest BCUT2D eigenvalue weighted by molar-refractivity contribution is 0.363. The zero-order valence-corrected chi connectivity index (χ0v) is 39.6. The molecule has 4 heteroatoms. The van der Waals surface area contributed by atoms with Gasteiger partial charge in [0.1, 0.15) is 17.2 Å². The summed E-state index contributed by atoms with van der Waals surface area (Å²) in [7, 11) is -1.93. The second-order valence-corrected chi connectivity index (χ2v) is 20.4. The van der Waals surface area contributed by atoms with E-state index in [1.807, 2.05) is 0 Å². The van der Waals surface area contributed by atoms with Gasteiger partial charge < -0.3 is 13.6 Å². The zero-order valence-electron chi connectivity index (χ0n) is 38.7. The summed E-state index contributed by atoms with van der Waals surface area (Å²) in [6, 6.07) is 20.6. The molecule has 0 spiro atoms. The summed E-state index contributed by atoms with van der Waals surface area (Å²) in [5.41, 5.74) is 7.64. The van der Waals surface area contributed by atoms with Crippen LogP contribution in [0.15, 0.2) is 54.6 Å². The second kappa shape index (κ2) is 18.4. The first-order valence-electron chi connectivity index (χ1n) is 21.9. The topological polar surface area (TPSA) is 27.7 Å². The normalized spacial score (nSPS) is 13.4. The van der Waals surface area contributed by atoms with Crippen molar-refractivity contribution in [3.8, 4) is 17.2 Å². The number of hydrogen-bond donors (Lipinski definition) is 0. The summed E-state index contributed by atoms with van der Waals surface area (Å²) in [5, 5.41) is 0. The average molecular weight is 773 g/mol. The molecule has 3 aromatic carbocycles. The van der Waals surface area contributed by atoms with E-state index in [1.165, 1.54) is 33.4 Å². The second-order valence-electron chi connectivity index (χ2n) is 19.4. The van der Waals surface area contributed by atoms with Crippen LogP contribution in [0.5, 0.6) is 17.2 Å². The van der Waals surface area contributed by atoms with E-state index >= 15 is 0 Å². The van der Waals surface area contributed by atoms with Crippen LogP contribution in [0.3, 0.4) is 0 Å². The van der Waals surface area contributed by atoms with Crippen molar-refractivity contribution in [2.24, 2.45) is 0 Å². The van der Waals surface area contributed by atoms with E-state index in [9.17, 15) is 0 Å². The summed E-state index contributed by atoms with van der Waals surface area (Å²) in [4.78, 5) is 0. The third kappa shape index (κ3) is 10.1. The summed E-state index contributed by atoms with van der Waals surface area (Å²) >= 11 is 0. The molecule has 0 amide bonds. The molecule has 3 rings (SSSR count). The molecule has 0 atom stereocenters. The molecular weight excluding hydrogens is 692 g/mol. The fraction of sp³-hybridized carbons (Fsp3) is 0.647. The summed E-state index contributed by atoms with van der Waals surface area (Å²) < 4.78 is 21.4. The Kier molecular flexibility index (Phi) is 15.7. The van der Waals surface area contributed by atoms with Crippen LogP contribution in [0, 0.1) is 0 Å². The Morgan fingerprint density at radius 2 is 0.545 bits per heavy atom. The number of benzene rings is 3. The van der Waals surface area contributed by atoms with Crippen LogP contribution in [0.25, 0.3) is 0 Å². The molecule has 0 heterocycles. The van der Waals surface area contributed by atoms with E-state index in [4.69, 9.17) is 13.6 Å². The minimum Gasteiger partial charge on any atom is -0.408 e. The summed E-state index contributed by atoms with van der Waals surface area (Å²) in [6.07, 6.45) is 9.92. The van der Waals surface area contributed by atoms with Gasteiger partial charge in [-0.3, -0.25) is 0 Å². The largest absolute Gasteiger partial charge is 0.530 e. The smallest absolute Gasteiger partial charge is 0.408 e. The van der Waals surface area contributed by atoms with E-state index < -0.39 is 8.60 Å². The number of hydrogen-bond acceptors (Lipinski definition) is 3. The van der Waals surface area contributed by atoms with E-state index in [1.54, 1.807) is 0 Å². The fourth-order valence-electron chi connectivity index (χ4n) is 8.96. The Balaban J connectivity index is 2.33. The molecule has 3 aromatic rings. The molecule has 0 saturated carbocycles. The molecule has 0 bridgehead atoms. The Hall–Kier alpha value is -2.51. The first kappa shape index (κ1) is 46.9. The van der Waals surface area contributed by atoms with Crippen LogP contribution in [0.4, 0.5) is 0 Å². The SMILES string of the molecule is CCC(CC)(CC)c1ccc(OP(Oc2ccc(C(CC)(CC)CC)cc2C(C)(C)C)Oc2ccc(C(CC)(CC)CC)cc2C(C)(C)C)c(C(C)(C)C)c1. The lowest BCUT2D eigenvalue weighted by atomic mass is 9.72. The fourth-order valence-corrected chi connectivity index (χ4v) is 10.0. The van der Waals surface area contributed by atoms with Gasteiger partial charge >= 0.3 is 8.60 Å². The predicted octanol–water partition coefficient (Wildman–Crippen LogP) is 16.7. The summed E-state index contributed by atoms with van der Waals surface area (Å²) in [6.45, 7) is 41.4. The number of rotatable bonds is 18. The van der Waals surface area contributed by atoms with Crippen molar-refractivity contribution >= 4 is 8.60 Å². The minimum absolute atomic E-state index is 0.137. The zero-order chi connectivity index (χ0) is 41.6. The Morgan fingerprint density at radius 1 is 0.345 bits per heavy atom. The van der Waals surface area contributed by atoms with Crippen LogP contribution in [0.2, 0.25) is 0 Å². The van der Waals surface area contributed by atoms with Crippen molar-refractivity contribution in [2.45, 2.75) is 215 Å². The molecule has 55 heavy (non-hydrogen) atoms. The highest BCUT2D eigenvalue weighted by Gasteiger charge is 2.35. The summed E-state index contributed by atoms with van der Waals surface area (Å²) in [5.74, 6) is 2.48. The third-order valence-electron chi connectivity index (χ3n) is 13.8. The molecule has 0 aliphatic carbocycles. The molecule has 3 nitrogen and oxygen atoms in total. The first-order valence-corrected chi connectivity index (χ1v) is 23.0. The molecule has 0 radical (unpaired) electrons. The van der Waals surface area contributed by atoms with Crippen molar-refractivity contribution in [3.05, 3.63) is 88.0 Å². The van der Waals surface area contributed by atoms with Crippen LogP contribution >= 0.6 is 8.60 Å². The quantitative estimate of drug-likeness (QED) is 0.121. The molecule has 0 aromatic heterocycles. The Labute approximate surface area is 341 Å². The van der Waals surface area contributed by atoms with Crippen LogP contribution in [0.1, 0.15) is 216 Å². The van der Waals surface area contributed by atoms with E-state index in [0.717, 1.165) is 75.0 Å². The molecule has 0 saturated heterocycles. The first-order chi connectivity index (χ1) is 25.6. The van der Waals surface area contributed by atoms with Gasteiger partial charge in [0.05, 0.1) is 0 Å². The maximum atomic E-state index is 7.13. The van der Waals surface area contributed by atoms with Gasteiger partial charge in [-0.05, 0) is 125 Å². The Bertz CT molecular complexity index is 1450. The van der Waals surface area contributed by atoms with Gasteiger partial charge in [-0.1, -0.05) is 161 Å².